The zero-order chi connectivity index (χ0) is 13.5. The molecule has 0 aromatic heterocycles. The highest BCUT2D eigenvalue weighted by molar-refractivity contribution is 5.81. The van der Waals surface area contributed by atoms with Crippen LogP contribution in [0.3, 0.4) is 0 Å². The van der Waals surface area contributed by atoms with E-state index in [-0.39, 0.29) is 12.5 Å². The molecule has 1 rings (SSSR count). The number of hydrogen-bond acceptors (Lipinski definition) is 4. The molecule has 0 aliphatic carbocycles. The third-order valence-corrected chi connectivity index (χ3v) is 3.02. The maximum Gasteiger partial charge on any atom is 0.251 e. The van der Waals surface area contributed by atoms with Crippen molar-refractivity contribution in [1.29, 1.82) is 0 Å². The lowest BCUT2D eigenvalue weighted by atomic mass is 10.2. The first-order valence-corrected chi connectivity index (χ1v) is 6.15. The number of morpholine rings is 1. The fraction of sp³-hybridized carbons (Fsp3) is 0.909. The van der Waals surface area contributed by atoms with Gasteiger partial charge in [-0.3, -0.25) is 9.69 Å². The van der Waals surface area contributed by atoms with Gasteiger partial charge in [-0.15, -0.1) is 0 Å². The molecule has 0 saturated carbocycles. The van der Waals surface area contributed by atoms with Gasteiger partial charge in [-0.1, -0.05) is 0 Å². The average Bonchev–Trinajstić information content (AvgIpc) is 2.37. The van der Waals surface area contributed by atoms with E-state index < -0.39 is 19.0 Å². The van der Waals surface area contributed by atoms with Crippen LogP contribution in [0, 0.1) is 0 Å². The molecule has 0 bridgehead atoms. The first-order chi connectivity index (χ1) is 8.56. The van der Waals surface area contributed by atoms with Crippen LogP contribution in [0.5, 0.6) is 0 Å². The molecular weight excluding hydrogens is 244 g/mol. The maximum absolute atomic E-state index is 12.4. The summed E-state index contributed by atoms with van der Waals surface area (Å²) >= 11 is 0. The quantitative estimate of drug-likeness (QED) is 0.720. The van der Waals surface area contributed by atoms with Gasteiger partial charge in [-0.25, -0.2) is 8.78 Å². The largest absolute Gasteiger partial charge is 0.378 e. The number of nitrogens with zero attached hydrogens (tertiary/aromatic N) is 2. The number of carbonyl (C=O) groups is 1. The molecule has 2 N–H and O–H groups in total. The lowest BCUT2D eigenvalue weighted by Gasteiger charge is -2.34. The second-order valence-corrected chi connectivity index (χ2v) is 4.29. The Hall–Kier alpha value is -0.790. The summed E-state index contributed by atoms with van der Waals surface area (Å²) in [5, 5.41) is 0. The van der Waals surface area contributed by atoms with Crippen molar-refractivity contribution >= 4 is 5.91 Å². The molecule has 106 valence electrons. The molecule has 5 nitrogen and oxygen atoms in total. The van der Waals surface area contributed by atoms with E-state index in [0.717, 1.165) is 0 Å². The summed E-state index contributed by atoms with van der Waals surface area (Å²) in [6.45, 7) is 3.83. The summed E-state index contributed by atoms with van der Waals surface area (Å²) in [4.78, 5) is 15.2. The molecule has 1 amide bonds. The highest BCUT2D eigenvalue weighted by Gasteiger charge is 2.28. The van der Waals surface area contributed by atoms with Gasteiger partial charge in [0.25, 0.3) is 6.43 Å². The number of carbonyl (C=O) groups excluding carboxylic acids is 1. The van der Waals surface area contributed by atoms with Gasteiger partial charge >= 0.3 is 0 Å². The van der Waals surface area contributed by atoms with Crippen molar-refractivity contribution < 1.29 is 18.3 Å². The van der Waals surface area contributed by atoms with Crippen molar-refractivity contribution in [1.82, 2.24) is 9.80 Å². The Balaban J connectivity index is 2.56. The monoisotopic (exact) mass is 265 g/mol. The van der Waals surface area contributed by atoms with Crippen molar-refractivity contribution in [3.8, 4) is 0 Å². The zero-order valence-electron chi connectivity index (χ0n) is 10.6. The van der Waals surface area contributed by atoms with Crippen molar-refractivity contribution in [3.05, 3.63) is 0 Å². The van der Waals surface area contributed by atoms with Crippen LogP contribution in [-0.2, 0) is 9.53 Å². The first-order valence-electron chi connectivity index (χ1n) is 6.15. The predicted octanol–water partition coefficient (Wildman–Crippen LogP) is -0.240. The standard InChI is InChI=1S/C11H21F2N3O2/c1-9(16(3-2-14)8-10(12)13)11(17)15-4-6-18-7-5-15/h9-10H,2-8,14H2,1H3. The van der Waals surface area contributed by atoms with Crippen LogP contribution >= 0.6 is 0 Å². The maximum atomic E-state index is 12.4. The number of rotatable bonds is 6. The molecule has 0 aromatic carbocycles. The molecule has 1 atom stereocenters. The molecule has 1 saturated heterocycles. The minimum atomic E-state index is -2.46. The molecule has 0 aromatic rings. The fourth-order valence-corrected chi connectivity index (χ4v) is 1.99. The number of halogens is 2. The lowest BCUT2D eigenvalue weighted by molar-refractivity contribution is -0.141. The van der Waals surface area contributed by atoms with Gasteiger partial charge in [0.05, 0.1) is 25.8 Å². The van der Waals surface area contributed by atoms with Gasteiger partial charge in [0.1, 0.15) is 0 Å². The normalized spacial score (nSPS) is 18.4. The summed E-state index contributed by atoms with van der Waals surface area (Å²) in [5.41, 5.74) is 5.39. The molecule has 1 aliphatic heterocycles. The highest BCUT2D eigenvalue weighted by atomic mass is 19.3. The van der Waals surface area contributed by atoms with Crippen LogP contribution in [0.15, 0.2) is 0 Å². The lowest BCUT2D eigenvalue weighted by Crippen LogP contribution is -2.52. The van der Waals surface area contributed by atoms with Crippen molar-refractivity contribution in [3.63, 3.8) is 0 Å². The van der Waals surface area contributed by atoms with Crippen molar-refractivity contribution in [2.24, 2.45) is 5.73 Å². The molecule has 7 heteroatoms. The predicted molar refractivity (Wildman–Crippen MR) is 63.5 cm³/mol. The Labute approximate surface area is 106 Å². The van der Waals surface area contributed by atoms with Gasteiger partial charge in [-0.2, -0.15) is 0 Å². The molecule has 0 spiro atoms. The summed E-state index contributed by atoms with van der Waals surface area (Å²) < 4.78 is 30.0. The minimum Gasteiger partial charge on any atom is -0.378 e. The second kappa shape index (κ2) is 7.60. The van der Waals surface area contributed by atoms with E-state index in [1.54, 1.807) is 11.8 Å². The molecule has 1 heterocycles. The second-order valence-electron chi connectivity index (χ2n) is 4.29. The topological polar surface area (TPSA) is 58.8 Å². The van der Waals surface area contributed by atoms with E-state index in [4.69, 9.17) is 10.5 Å². The Bertz CT molecular complexity index is 261. The third kappa shape index (κ3) is 4.47. The number of amides is 1. The van der Waals surface area contributed by atoms with Crippen LogP contribution in [0.4, 0.5) is 8.78 Å². The zero-order valence-corrected chi connectivity index (χ0v) is 10.6. The summed E-state index contributed by atoms with van der Waals surface area (Å²) in [7, 11) is 0. The van der Waals surface area contributed by atoms with Gasteiger partial charge in [0.15, 0.2) is 0 Å². The van der Waals surface area contributed by atoms with Crippen LogP contribution in [-0.4, -0.2) is 74.1 Å². The molecular formula is C11H21F2N3O2. The molecule has 1 aliphatic rings. The van der Waals surface area contributed by atoms with Gasteiger partial charge in [0.2, 0.25) is 5.91 Å². The Kier molecular flexibility index (Phi) is 6.45. The number of alkyl halides is 2. The first kappa shape index (κ1) is 15.3. The van der Waals surface area contributed by atoms with Gasteiger partial charge < -0.3 is 15.4 Å². The van der Waals surface area contributed by atoms with E-state index in [1.165, 1.54) is 4.90 Å². The van der Waals surface area contributed by atoms with Gasteiger partial charge in [-0.05, 0) is 6.92 Å². The fourth-order valence-electron chi connectivity index (χ4n) is 1.99. The van der Waals surface area contributed by atoms with E-state index in [2.05, 4.69) is 0 Å². The van der Waals surface area contributed by atoms with Crippen LogP contribution < -0.4 is 5.73 Å². The average molecular weight is 265 g/mol. The van der Waals surface area contributed by atoms with E-state index >= 15 is 0 Å². The third-order valence-electron chi connectivity index (χ3n) is 3.02. The summed E-state index contributed by atoms with van der Waals surface area (Å²) in [6.07, 6.45) is -2.46. The Morgan fingerprint density at radius 1 is 1.44 bits per heavy atom. The summed E-state index contributed by atoms with van der Waals surface area (Å²) in [5.74, 6) is -0.132. The van der Waals surface area contributed by atoms with Crippen LogP contribution in [0.1, 0.15) is 6.92 Å². The number of hydrogen-bond donors (Lipinski definition) is 1. The van der Waals surface area contributed by atoms with Crippen LogP contribution in [0.2, 0.25) is 0 Å². The molecule has 0 radical (unpaired) electrons. The van der Waals surface area contributed by atoms with Crippen molar-refractivity contribution in [2.45, 2.75) is 19.4 Å². The molecule has 18 heavy (non-hydrogen) atoms. The Morgan fingerprint density at radius 2 is 2.06 bits per heavy atom. The van der Waals surface area contributed by atoms with Crippen molar-refractivity contribution in [2.75, 3.05) is 45.9 Å². The summed E-state index contributed by atoms with van der Waals surface area (Å²) in [6, 6.07) is -0.569. The van der Waals surface area contributed by atoms with E-state index in [0.29, 0.717) is 32.8 Å². The van der Waals surface area contributed by atoms with Gasteiger partial charge in [0, 0.05) is 26.2 Å². The van der Waals surface area contributed by atoms with E-state index in [1.807, 2.05) is 0 Å². The molecule has 1 unspecified atom stereocenters. The Morgan fingerprint density at radius 3 is 2.56 bits per heavy atom. The van der Waals surface area contributed by atoms with Crippen LogP contribution in [0.25, 0.3) is 0 Å². The van der Waals surface area contributed by atoms with E-state index in [9.17, 15) is 13.6 Å². The highest BCUT2D eigenvalue weighted by Crippen LogP contribution is 2.08. The SMILES string of the molecule is CC(C(=O)N1CCOCC1)N(CCN)CC(F)F. The number of ether oxygens (including phenoxy) is 1. The number of nitrogens with two attached hydrogens (primary N) is 1. The smallest absolute Gasteiger partial charge is 0.251 e. The minimum absolute atomic E-state index is 0.132. The molecule has 1 fully saturated rings.